The van der Waals surface area contributed by atoms with Crippen LogP contribution in [-0.2, 0) is 10.8 Å². The number of thioether (sulfide) groups is 2. The summed E-state index contributed by atoms with van der Waals surface area (Å²) in [6, 6.07) is 45.5. The molecule has 0 aliphatic rings. The van der Waals surface area contributed by atoms with E-state index < -0.39 is 0 Å². The molecule has 4 heteroatoms. The van der Waals surface area contributed by atoms with Gasteiger partial charge in [-0.3, -0.25) is 0 Å². The molecule has 0 atom stereocenters. The lowest BCUT2D eigenvalue weighted by atomic mass is 9.82. The van der Waals surface area contributed by atoms with Crippen LogP contribution in [-0.4, -0.2) is 22.2 Å². The van der Waals surface area contributed by atoms with Gasteiger partial charge < -0.3 is 10.2 Å². The predicted octanol–water partition coefficient (Wildman–Crippen LogP) is 14.3. The van der Waals surface area contributed by atoms with Gasteiger partial charge >= 0.3 is 0 Å². The smallest absolute Gasteiger partial charge is 0.131 e. The second-order valence-electron chi connectivity index (χ2n) is 15.1. The van der Waals surface area contributed by atoms with Gasteiger partial charge in [0.1, 0.15) is 11.5 Å². The first-order chi connectivity index (χ1) is 24.8. The minimum absolute atomic E-state index is 0.000279. The second-order valence-corrected chi connectivity index (χ2v) is 17.1. The summed E-state index contributed by atoms with van der Waals surface area (Å²) in [5.41, 5.74) is 10.3. The molecule has 0 fully saturated rings. The lowest BCUT2D eigenvalue weighted by Crippen LogP contribution is -2.11. The second kappa shape index (κ2) is 17.0. The molecule has 0 radical (unpaired) electrons. The average Bonchev–Trinajstić information content (AvgIpc) is 3.14. The van der Waals surface area contributed by atoms with Crippen molar-refractivity contribution in [2.24, 2.45) is 0 Å². The van der Waals surface area contributed by atoms with Gasteiger partial charge in [0.2, 0.25) is 0 Å². The molecule has 2 nitrogen and oxygen atoms in total. The Morgan fingerprint density at radius 3 is 1.23 bits per heavy atom. The molecule has 0 spiro atoms. The summed E-state index contributed by atoms with van der Waals surface area (Å²) < 4.78 is 0. The zero-order valence-electron chi connectivity index (χ0n) is 31.8. The third-order valence-corrected chi connectivity index (χ3v) is 11.2. The molecule has 0 aliphatic carbocycles. The Kier molecular flexibility index (Phi) is 12.7. The van der Waals surface area contributed by atoms with Crippen molar-refractivity contribution in [2.45, 2.75) is 75.5 Å². The molecular formula is C48H52O2S2. The van der Waals surface area contributed by atoms with E-state index in [1.807, 2.05) is 72.4 Å². The largest absolute Gasteiger partial charge is 0.507 e. The lowest BCUT2D eigenvalue weighted by Gasteiger charge is -2.23. The van der Waals surface area contributed by atoms with Crippen LogP contribution in [0.5, 0.6) is 11.5 Å². The molecule has 0 bridgehead atoms. The Labute approximate surface area is 320 Å². The first-order valence-electron chi connectivity index (χ1n) is 18.0. The maximum atomic E-state index is 11.2. The van der Waals surface area contributed by atoms with Crippen molar-refractivity contribution in [3.8, 4) is 56.0 Å². The van der Waals surface area contributed by atoms with Crippen LogP contribution in [0, 0.1) is 0 Å². The molecule has 6 rings (SSSR count). The lowest BCUT2D eigenvalue weighted by molar-refractivity contribution is 0.477. The van der Waals surface area contributed by atoms with Crippen LogP contribution in [0.4, 0.5) is 0 Å². The van der Waals surface area contributed by atoms with E-state index >= 15 is 0 Å². The molecule has 2 N–H and O–H groups in total. The van der Waals surface area contributed by atoms with Gasteiger partial charge in [-0.2, -0.15) is 0 Å². The van der Waals surface area contributed by atoms with E-state index in [1.54, 1.807) is 11.8 Å². The standard InChI is InChI=1S/C25H28OS.C23H24OS/c1-5-15-27-23-14-10-9-13-20(23)22-17-19(25(2,3)4)16-21(24(22)26)18-11-7-6-8-12-18;1-23(2,3)17-14-19(16-10-6-5-7-11-16)22(24)20(15-17)18-12-8-9-13-21(18)25-4/h6-14,16-17,26H,5,15H2,1-4H3;5-15,24H,1-4H3. The third-order valence-electron chi connectivity index (χ3n) is 9.16. The van der Waals surface area contributed by atoms with Gasteiger partial charge in [-0.25, -0.2) is 0 Å². The predicted molar refractivity (Wildman–Crippen MR) is 228 cm³/mol. The fourth-order valence-electron chi connectivity index (χ4n) is 6.12. The minimum Gasteiger partial charge on any atom is -0.507 e. The van der Waals surface area contributed by atoms with Gasteiger partial charge in [-0.05, 0) is 99.0 Å². The van der Waals surface area contributed by atoms with Crippen LogP contribution in [0.2, 0.25) is 0 Å². The number of phenolic OH excluding ortho intramolecular Hbond substituents is 2. The summed E-state index contributed by atoms with van der Waals surface area (Å²) in [6.45, 7) is 15.5. The summed E-state index contributed by atoms with van der Waals surface area (Å²) in [6.07, 6.45) is 3.20. The van der Waals surface area contributed by atoms with Gasteiger partial charge in [0.15, 0.2) is 0 Å². The Morgan fingerprint density at radius 1 is 0.462 bits per heavy atom. The first-order valence-corrected chi connectivity index (χ1v) is 20.3. The maximum Gasteiger partial charge on any atom is 0.131 e. The number of aromatic hydroxyl groups is 2. The Bertz CT molecular complexity index is 2090. The topological polar surface area (TPSA) is 40.5 Å². The first kappa shape index (κ1) is 38.8. The zero-order chi connectivity index (χ0) is 37.5. The monoisotopic (exact) mass is 724 g/mol. The molecule has 52 heavy (non-hydrogen) atoms. The number of hydrogen-bond acceptors (Lipinski definition) is 4. The van der Waals surface area contributed by atoms with Crippen LogP contribution in [0.25, 0.3) is 44.5 Å². The summed E-state index contributed by atoms with van der Waals surface area (Å²) >= 11 is 3.56. The molecule has 0 saturated heterocycles. The van der Waals surface area contributed by atoms with E-state index in [0.717, 1.165) is 56.7 Å². The highest BCUT2D eigenvalue weighted by Crippen LogP contribution is 2.46. The van der Waals surface area contributed by atoms with E-state index in [-0.39, 0.29) is 10.8 Å². The van der Waals surface area contributed by atoms with Gasteiger partial charge in [0, 0.05) is 32.0 Å². The van der Waals surface area contributed by atoms with Gasteiger partial charge in [0.05, 0.1) is 0 Å². The summed E-state index contributed by atoms with van der Waals surface area (Å²) in [4.78, 5) is 2.39. The average molecular weight is 725 g/mol. The van der Waals surface area contributed by atoms with Gasteiger partial charge in [0.25, 0.3) is 0 Å². The van der Waals surface area contributed by atoms with Crippen molar-refractivity contribution in [1.29, 1.82) is 0 Å². The van der Waals surface area contributed by atoms with E-state index in [9.17, 15) is 10.2 Å². The summed E-state index contributed by atoms with van der Waals surface area (Å²) in [5, 5.41) is 22.3. The molecule has 6 aromatic rings. The van der Waals surface area contributed by atoms with Crippen molar-refractivity contribution in [3.05, 3.63) is 145 Å². The Balaban J connectivity index is 0.000000202. The fourth-order valence-corrected chi connectivity index (χ4v) is 7.66. The highest BCUT2D eigenvalue weighted by Gasteiger charge is 2.23. The fraction of sp³-hybridized carbons (Fsp3) is 0.250. The SMILES string of the molecule is CCCSc1ccccc1-c1cc(C(C)(C)C)cc(-c2ccccc2)c1O.CSc1ccccc1-c1cc(C(C)(C)C)cc(-c2ccccc2)c1O. The van der Waals surface area contributed by atoms with Crippen LogP contribution in [0.15, 0.2) is 143 Å². The molecular weight excluding hydrogens is 673 g/mol. The van der Waals surface area contributed by atoms with Crippen molar-refractivity contribution in [3.63, 3.8) is 0 Å². The normalized spacial score (nSPS) is 11.5. The minimum atomic E-state index is -0.00249. The van der Waals surface area contributed by atoms with Crippen molar-refractivity contribution < 1.29 is 10.2 Å². The maximum absolute atomic E-state index is 11.2. The van der Waals surface area contributed by atoms with Crippen LogP contribution in [0.1, 0.15) is 66.0 Å². The molecule has 0 saturated carbocycles. The van der Waals surface area contributed by atoms with Crippen molar-refractivity contribution >= 4 is 23.5 Å². The van der Waals surface area contributed by atoms with Crippen LogP contribution < -0.4 is 0 Å². The summed E-state index contributed by atoms with van der Waals surface area (Å²) in [7, 11) is 0. The van der Waals surface area contributed by atoms with E-state index in [2.05, 4.69) is 128 Å². The quantitative estimate of drug-likeness (QED) is 0.153. The van der Waals surface area contributed by atoms with Crippen LogP contribution >= 0.6 is 23.5 Å². The molecule has 0 amide bonds. The van der Waals surface area contributed by atoms with E-state index in [4.69, 9.17) is 0 Å². The molecule has 0 unspecified atom stereocenters. The zero-order valence-corrected chi connectivity index (χ0v) is 33.5. The van der Waals surface area contributed by atoms with Gasteiger partial charge in [-0.15, -0.1) is 23.5 Å². The molecule has 0 heterocycles. The number of phenols is 2. The molecule has 0 aliphatic heterocycles. The number of hydrogen-bond donors (Lipinski definition) is 2. The van der Waals surface area contributed by atoms with E-state index in [0.29, 0.717) is 11.5 Å². The van der Waals surface area contributed by atoms with E-state index in [1.165, 1.54) is 20.9 Å². The number of benzene rings is 6. The Morgan fingerprint density at radius 2 is 0.827 bits per heavy atom. The van der Waals surface area contributed by atoms with Gasteiger partial charge in [-0.1, -0.05) is 146 Å². The van der Waals surface area contributed by atoms with Crippen molar-refractivity contribution in [1.82, 2.24) is 0 Å². The highest BCUT2D eigenvalue weighted by atomic mass is 32.2. The van der Waals surface area contributed by atoms with Crippen molar-refractivity contribution in [2.75, 3.05) is 12.0 Å². The van der Waals surface area contributed by atoms with Crippen LogP contribution in [0.3, 0.4) is 0 Å². The highest BCUT2D eigenvalue weighted by molar-refractivity contribution is 7.99. The Hall–Kier alpha value is -4.38. The molecule has 6 aromatic carbocycles. The molecule has 268 valence electrons. The molecule has 0 aromatic heterocycles. The third kappa shape index (κ3) is 9.15. The summed E-state index contributed by atoms with van der Waals surface area (Å²) in [5.74, 6) is 1.78. The number of rotatable bonds is 8.